The first-order chi connectivity index (χ1) is 16.5. The van der Waals surface area contributed by atoms with Crippen LogP contribution < -0.4 is 14.9 Å². The molecule has 1 aromatic carbocycles. The molecule has 14 heteroatoms. The molecule has 1 aromatic heterocycles. The molecule has 1 saturated carbocycles. The lowest BCUT2D eigenvalue weighted by molar-refractivity contribution is -0.132. The fraction of sp³-hybridized carbons (Fsp3) is 0.381. The second kappa shape index (κ2) is 9.72. The summed E-state index contributed by atoms with van der Waals surface area (Å²) < 4.78 is 68.4. The van der Waals surface area contributed by atoms with Crippen molar-refractivity contribution in [3.05, 3.63) is 59.1 Å². The Morgan fingerprint density at radius 3 is 2.51 bits per heavy atom. The van der Waals surface area contributed by atoms with E-state index in [-0.39, 0.29) is 16.3 Å². The van der Waals surface area contributed by atoms with Gasteiger partial charge in [-0.2, -0.15) is 17.4 Å². The molecule has 0 bridgehead atoms. The Kier molecular flexibility index (Phi) is 7.04. The zero-order chi connectivity index (χ0) is 25.4. The molecule has 0 spiro atoms. The van der Waals surface area contributed by atoms with Crippen LogP contribution >= 0.6 is 11.6 Å². The van der Waals surface area contributed by atoms with Crippen molar-refractivity contribution in [1.82, 2.24) is 19.3 Å². The lowest BCUT2D eigenvalue weighted by Crippen LogP contribution is -2.55. The molecule has 4 rings (SSSR count). The van der Waals surface area contributed by atoms with Crippen molar-refractivity contribution in [3.63, 3.8) is 0 Å². The molecular formula is C21H21ClF3N5O4S. The average molecular weight is 532 g/mol. The van der Waals surface area contributed by atoms with Crippen LogP contribution in [0.4, 0.5) is 18.9 Å². The molecule has 1 unspecified atom stereocenters. The predicted octanol–water partition coefficient (Wildman–Crippen LogP) is 2.01. The highest BCUT2D eigenvalue weighted by Crippen LogP contribution is 2.38. The summed E-state index contributed by atoms with van der Waals surface area (Å²) in [6.45, 7) is -0.152. The molecule has 2 amide bonds. The Balaban J connectivity index is 1.70. The third-order valence-corrected chi connectivity index (χ3v) is 7.43. The molecule has 2 aromatic rings. The van der Waals surface area contributed by atoms with Gasteiger partial charge in [0.2, 0.25) is 11.8 Å². The van der Waals surface area contributed by atoms with Crippen LogP contribution in [0.3, 0.4) is 0 Å². The van der Waals surface area contributed by atoms with Crippen molar-refractivity contribution in [3.8, 4) is 0 Å². The number of pyridine rings is 1. The van der Waals surface area contributed by atoms with Gasteiger partial charge in [0.05, 0.1) is 24.6 Å². The number of anilines is 1. The Morgan fingerprint density at radius 2 is 1.91 bits per heavy atom. The SMILES string of the molecule is O=C(NC1CC(F)(F)C1)C(c1ccccc1Cl)N(C(=O)CNS(=O)(=O)N1CC1)c1cncc(F)c1. The lowest BCUT2D eigenvalue weighted by atomic mass is 9.87. The first-order valence-corrected chi connectivity index (χ1v) is 12.4. The lowest BCUT2D eigenvalue weighted by Gasteiger charge is -2.38. The molecule has 1 saturated heterocycles. The van der Waals surface area contributed by atoms with E-state index in [0.717, 1.165) is 27.7 Å². The number of amides is 2. The van der Waals surface area contributed by atoms with Crippen molar-refractivity contribution in [2.75, 3.05) is 24.5 Å². The number of aromatic nitrogens is 1. The largest absolute Gasteiger partial charge is 0.351 e. The van der Waals surface area contributed by atoms with Crippen molar-refractivity contribution >= 4 is 39.3 Å². The number of halogens is 4. The van der Waals surface area contributed by atoms with Crippen molar-refractivity contribution < 1.29 is 31.2 Å². The highest BCUT2D eigenvalue weighted by molar-refractivity contribution is 7.87. The second-order valence-electron chi connectivity index (χ2n) is 8.24. The third-order valence-electron chi connectivity index (χ3n) is 5.53. The summed E-state index contributed by atoms with van der Waals surface area (Å²) in [7, 11) is -3.92. The molecule has 0 radical (unpaired) electrons. The number of carbonyl (C=O) groups excluding carboxylic acids is 2. The summed E-state index contributed by atoms with van der Waals surface area (Å²) in [4.78, 5) is 31.3. The minimum absolute atomic E-state index is 0.0819. The Bertz CT molecular complexity index is 1240. The van der Waals surface area contributed by atoms with Gasteiger partial charge in [-0.3, -0.25) is 19.5 Å². The highest BCUT2D eigenvalue weighted by Gasteiger charge is 2.47. The van der Waals surface area contributed by atoms with E-state index in [1.807, 2.05) is 0 Å². The first kappa shape index (κ1) is 25.4. The summed E-state index contributed by atoms with van der Waals surface area (Å²) in [5.74, 6) is -5.48. The summed E-state index contributed by atoms with van der Waals surface area (Å²) >= 11 is 6.31. The number of nitrogens with one attached hydrogen (secondary N) is 2. The molecule has 2 aliphatic rings. The second-order valence-corrected chi connectivity index (χ2v) is 10.4. The molecule has 35 heavy (non-hydrogen) atoms. The summed E-state index contributed by atoms with van der Waals surface area (Å²) in [6.07, 6.45) is 0.864. The van der Waals surface area contributed by atoms with Gasteiger partial charge in [0.25, 0.3) is 16.1 Å². The maximum atomic E-state index is 14.1. The van der Waals surface area contributed by atoms with Crippen LogP contribution in [0, 0.1) is 5.82 Å². The molecule has 9 nitrogen and oxygen atoms in total. The number of benzene rings is 1. The van der Waals surface area contributed by atoms with E-state index in [4.69, 9.17) is 11.6 Å². The summed E-state index contributed by atoms with van der Waals surface area (Å²) in [5.41, 5.74) is -0.0240. The minimum Gasteiger partial charge on any atom is -0.351 e. The van der Waals surface area contributed by atoms with Gasteiger partial charge in [-0.05, 0) is 6.07 Å². The Morgan fingerprint density at radius 1 is 1.23 bits per heavy atom. The van der Waals surface area contributed by atoms with E-state index in [9.17, 15) is 31.2 Å². The van der Waals surface area contributed by atoms with Gasteiger partial charge in [0.15, 0.2) is 0 Å². The van der Waals surface area contributed by atoms with Crippen LogP contribution in [0.25, 0.3) is 0 Å². The van der Waals surface area contributed by atoms with E-state index in [0.29, 0.717) is 13.1 Å². The maximum Gasteiger partial charge on any atom is 0.280 e. The van der Waals surface area contributed by atoms with Crippen LogP contribution in [0.2, 0.25) is 5.02 Å². The molecule has 2 N–H and O–H groups in total. The van der Waals surface area contributed by atoms with Gasteiger partial charge >= 0.3 is 0 Å². The molecule has 1 aliphatic heterocycles. The fourth-order valence-corrected chi connectivity index (χ4v) is 5.01. The predicted molar refractivity (Wildman–Crippen MR) is 120 cm³/mol. The van der Waals surface area contributed by atoms with Gasteiger partial charge in [0, 0.05) is 48.6 Å². The van der Waals surface area contributed by atoms with Crippen molar-refractivity contribution in [2.45, 2.75) is 30.8 Å². The molecule has 2 fully saturated rings. The number of rotatable bonds is 9. The van der Waals surface area contributed by atoms with Crippen molar-refractivity contribution in [1.29, 1.82) is 0 Å². The molecule has 2 heterocycles. The van der Waals surface area contributed by atoms with Crippen LogP contribution in [0.15, 0.2) is 42.7 Å². The maximum absolute atomic E-state index is 14.1. The number of hydrogen-bond acceptors (Lipinski definition) is 5. The van der Waals surface area contributed by atoms with Crippen molar-refractivity contribution in [2.24, 2.45) is 0 Å². The van der Waals surface area contributed by atoms with E-state index in [1.54, 1.807) is 12.1 Å². The number of nitrogens with zero attached hydrogens (tertiary/aromatic N) is 3. The number of carbonyl (C=O) groups is 2. The Labute approximate surface area is 204 Å². The summed E-state index contributed by atoms with van der Waals surface area (Å²) in [6, 6.07) is 4.62. The highest BCUT2D eigenvalue weighted by atomic mass is 35.5. The fourth-order valence-electron chi connectivity index (χ4n) is 3.72. The zero-order valence-electron chi connectivity index (χ0n) is 18.1. The topological polar surface area (TPSA) is 111 Å². The number of alkyl halides is 2. The van der Waals surface area contributed by atoms with Gasteiger partial charge in [-0.1, -0.05) is 29.8 Å². The van der Waals surface area contributed by atoms with Crippen LogP contribution in [0.1, 0.15) is 24.4 Å². The van der Waals surface area contributed by atoms with E-state index in [1.165, 1.54) is 12.1 Å². The van der Waals surface area contributed by atoms with Crippen LogP contribution in [0.5, 0.6) is 0 Å². The Hall–Kier alpha value is -2.74. The van der Waals surface area contributed by atoms with Crippen LogP contribution in [-0.4, -0.2) is 61.1 Å². The number of hydrogen-bond donors (Lipinski definition) is 2. The average Bonchev–Trinajstić information content (AvgIpc) is 3.61. The van der Waals surface area contributed by atoms with Crippen LogP contribution in [-0.2, 0) is 19.8 Å². The smallest absolute Gasteiger partial charge is 0.280 e. The first-order valence-electron chi connectivity index (χ1n) is 10.6. The van der Waals surface area contributed by atoms with E-state index in [2.05, 4.69) is 15.0 Å². The van der Waals surface area contributed by atoms with Gasteiger partial charge in [0.1, 0.15) is 11.9 Å². The third kappa shape index (κ3) is 5.92. The standard InChI is InChI=1S/C21H21ClF3N5O4S/c22-17-4-2-1-3-16(17)19(20(32)28-14-8-21(24,25)9-14)30(15-7-13(23)10-26-11-15)18(31)12-27-35(33,34)29-5-6-29/h1-4,7,10-11,14,19,27H,5-6,8-9,12H2,(H,28,32). The molecule has 1 atom stereocenters. The monoisotopic (exact) mass is 531 g/mol. The molecular weight excluding hydrogens is 511 g/mol. The van der Waals surface area contributed by atoms with E-state index >= 15 is 0 Å². The minimum atomic E-state index is -3.92. The van der Waals surface area contributed by atoms with Gasteiger partial charge in [-0.15, -0.1) is 0 Å². The normalized spacial score (nSPS) is 18.4. The van der Waals surface area contributed by atoms with Gasteiger partial charge in [-0.25, -0.2) is 13.2 Å². The van der Waals surface area contributed by atoms with Gasteiger partial charge < -0.3 is 5.32 Å². The summed E-state index contributed by atoms with van der Waals surface area (Å²) in [5, 5.41) is 2.57. The molecule has 188 valence electrons. The zero-order valence-corrected chi connectivity index (χ0v) is 19.7. The van der Waals surface area contributed by atoms with E-state index < -0.39 is 65.2 Å². The molecule has 1 aliphatic carbocycles. The quantitative estimate of drug-likeness (QED) is 0.481.